The van der Waals surface area contributed by atoms with Crippen molar-refractivity contribution in [2.75, 3.05) is 20.1 Å². The lowest BCUT2D eigenvalue weighted by molar-refractivity contribution is -0.137. The van der Waals surface area contributed by atoms with Crippen LogP contribution in [0.15, 0.2) is 54.6 Å². The Kier molecular flexibility index (Phi) is 6.08. The molecule has 1 aliphatic heterocycles. The number of benzene rings is 2. The molecule has 0 atom stereocenters. The quantitative estimate of drug-likeness (QED) is 0.812. The molecule has 4 heteroatoms. The maximum Gasteiger partial charge on any atom is 0.303 e. The Balaban J connectivity index is 1.75. The van der Waals surface area contributed by atoms with Crippen LogP contribution in [0.2, 0.25) is 0 Å². The van der Waals surface area contributed by atoms with E-state index in [1.165, 1.54) is 16.7 Å². The van der Waals surface area contributed by atoms with Crippen LogP contribution in [0.3, 0.4) is 0 Å². The molecule has 2 aromatic rings. The summed E-state index contributed by atoms with van der Waals surface area (Å²) >= 11 is 0. The van der Waals surface area contributed by atoms with E-state index in [1.54, 1.807) is 0 Å². The van der Waals surface area contributed by atoms with E-state index >= 15 is 0 Å². The third-order valence-corrected chi connectivity index (χ3v) is 4.66. The summed E-state index contributed by atoms with van der Waals surface area (Å²) in [6, 6.07) is 16.6. The van der Waals surface area contributed by atoms with E-state index in [2.05, 4.69) is 35.2 Å². The highest BCUT2D eigenvalue weighted by Gasteiger charge is 2.18. The van der Waals surface area contributed by atoms with Crippen molar-refractivity contribution < 1.29 is 14.6 Å². The van der Waals surface area contributed by atoms with Gasteiger partial charge in [-0.25, -0.2) is 0 Å². The highest BCUT2D eigenvalue weighted by molar-refractivity contribution is 5.84. The molecule has 0 radical (unpaired) electrons. The summed E-state index contributed by atoms with van der Waals surface area (Å²) in [6.07, 6.45) is 4.09. The van der Waals surface area contributed by atoms with Crippen LogP contribution in [-0.2, 0) is 11.4 Å². The molecule has 0 aliphatic carbocycles. The van der Waals surface area contributed by atoms with Gasteiger partial charge in [-0.3, -0.25) is 4.79 Å². The van der Waals surface area contributed by atoms with Gasteiger partial charge < -0.3 is 14.7 Å². The van der Waals surface area contributed by atoms with E-state index < -0.39 is 5.97 Å². The highest BCUT2D eigenvalue weighted by Crippen LogP contribution is 2.36. The number of fused-ring (bicyclic) bond motifs is 2. The molecule has 0 spiro atoms. The number of nitrogens with zero attached hydrogens (tertiary/aromatic N) is 1. The largest absolute Gasteiger partial charge is 0.488 e. The first-order valence-corrected chi connectivity index (χ1v) is 9.06. The number of carbonyl (C=O) groups is 1. The first-order valence-electron chi connectivity index (χ1n) is 9.06. The summed E-state index contributed by atoms with van der Waals surface area (Å²) in [7, 11) is 2.04. The van der Waals surface area contributed by atoms with Crippen molar-refractivity contribution >= 4 is 11.5 Å². The number of para-hydroxylation sites is 1. The van der Waals surface area contributed by atoms with E-state index in [1.807, 2.05) is 31.3 Å². The Labute approximate surface area is 154 Å². The summed E-state index contributed by atoms with van der Waals surface area (Å²) in [5, 5.41) is 8.75. The SMILES string of the molecule is CN(CC/C=C1\c2ccccc2COc2ccccc21)CCCC(=O)O. The maximum atomic E-state index is 10.6. The average Bonchev–Trinajstić information content (AvgIpc) is 2.79. The minimum Gasteiger partial charge on any atom is -0.488 e. The zero-order valence-corrected chi connectivity index (χ0v) is 15.1. The number of hydrogen-bond acceptors (Lipinski definition) is 3. The zero-order valence-electron chi connectivity index (χ0n) is 15.1. The molecule has 136 valence electrons. The fourth-order valence-corrected chi connectivity index (χ4v) is 3.29. The van der Waals surface area contributed by atoms with Crippen molar-refractivity contribution in [3.63, 3.8) is 0 Å². The normalized spacial score (nSPS) is 14.5. The molecule has 1 N–H and O–H groups in total. The number of carboxylic acid groups (broad SMARTS) is 1. The molecule has 26 heavy (non-hydrogen) atoms. The monoisotopic (exact) mass is 351 g/mol. The molecule has 0 saturated carbocycles. The fraction of sp³-hybridized carbons (Fsp3) is 0.318. The number of aliphatic carboxylic acids is 1. The van der Waals surface area contributed by atoms with Gasteiger partial charge in [0.25, 0.3) is 0 Å². The van der Waals surface area contributed by atoms with Crippen molar-refractivity contribution in [1.82, 2.24) is 4.90 Å². The summed E-state index contributed by atoms with van der Waals surface area (Å²) in [5.41, 5.74) is 4.77. The van der Waals surface area contributed by atoms with E-state index in [9.17, 15) is 4.79 Å². The van der Waals surface area contributed by atoms with Crippen LogP contribution in [0, 0.1) is 0 Å². The van der Waals surface area contributed by atoms with Gasteiger partial charge in [-0.2, -0.15) is 0 Å². The molecule has 4 nitrogen and oxygen atoms in total. The lowest BCUT2D eigenvalue weighted by Crippen LogP contribution is -2.21. The minimum atomic E-state index is -0.729. The van der Waals surface area contributed by atoms with Crippen LogP contribution in [0.1, 0.15) is 36.0 Å². The molecule has 0 aromatic heterocycles. The van der Waals surface area contributed by atoms with Crippen molar-refractivity contribution in [2.45, 2.75) is 25.9 Å². The van der Waals surface area contributed by atoms with Crippen molar-refractivity contribution in [1.29, 1.82) is 0 Å². The van der Waals surface area contributed by atoms with Crippen molar-refractivity contribution in [3.05, 3.63) is 71.3 Å². The average molecular weight is 351 g/mol. The van der Waals surface area contributed by atoms with Crippen LogP contribution in [0.5, 0.6) is 5.75 Å². The molecular formula is C22H25NO3. The van der Waals surface area contributed by atoms with Gasteiger partial charge in [-0.1, -0.05) is 48.5 Å². The molecule has 1 heterocycles. The van der Waals surface area contributed by atoms with Crippen molar-refractivity contribution in [3.8, 4) is 5.75 Å². The van der Waals surface area contributed by atoms with Gasteiger partial charge in [0.05, 0.1) is 0 Å². The second-order valence-electron chi connectivity index (χ2n) is 6.65. The second kappa shape index (κ2) is 8.68. The molecule has 0 fully saturated rings. The molecule has 3 rings (SSSR count). The van der Waals surface area contributed by atoms with E-state index in [0.29, 0.717) is 13.0 Å². The smallest absolute Gasteiger partial charge is 0.303 e. The van der Waals surface area contributed by atoms with Gasteiger partial charge >= 0.3 is 5.97 Å². The predicted octanol–water partition coefficient (Wildman–Crippen LogP) is 4.20. The lowest BCUT2D eigenvalue weighted by atomic mass is 9.93. The number of ether oxygens (including phenoxy) is 1. The van der Waals surface area contributed by atoms with Crippen LogP contribution in [0.4, 0.5) is 0 Å². The Bertz CT molecular complexity index is 748. The maximum absolute atomic E-state index is 10.6. The van der Waals surface area contributed by atoms with Gasteiger partial charge in [0.2, 0.25) is 0 Å². The van der Waals surface area contributed by atoms with Crippen LogP contribution in [0.25, 0.3) is 5.57 Å². The van der Waals surface area contributed by atoms with Crippen LogP contribution in [-0.4, -0.2) is 36.1 Å². The summed E-state index contributed by atoms with van der Waals surface area (Å²) < 4.78 is 6.00. The number of hydrogen-bond donors (Lipinski definition) is 1. The zero-order chi connectivity index (χ0) is 18.4. The molecule has 0 bridgehead atoms. The van der Waals surface area contributed by atoms with E-state index in [0.717, 1.165) is 30.8 Å². The Morgan fingerprint density at radius 2 is 1.85 bits per heavy atom. The molecule has 1 aliphatic rings. The standard InChI is InChI=1S/C22H25NO3/c1-23(15-7-13-22(24)25)14-6-11-19-18-9-3-2-8-17(18)16-26-21-12-5-4-10-20(19)21/h2-5,8-12H,6-7,13-16H2,1H3,(H,24,25)/b19-11+. The fourth-order valence-electron chi connectivity index (χ4n) is 3.29. The predicted molar refractivity (Wildman–Crippen MR) is 103 cm³/mol. The van der Waals surface area contributed by atoms with Crippen LogP contribution < -0.4 is 4.74 Å². The van der Waals surface area contributed by atoms with Gasteiger partial charge in [0.1, 0.15) is 12.4 Å². The summed E-state index contributed by atoms with van der Waals surface area (Å²) in [4.78, 5) is 12.8. The summed E-state index contributed by atoms with van der Waals surface area (Å²) in [5.74, 6) is 0.192. The molecule has 0 amide bonds. The third kappa shape index (κ3) is 4.52. The first-order chi connectivity index (χ1) is 12.6. The van der Waals surface area contributed by atoms with Gasteiger partial charge in [0, 0.05) is 18.5 Å². The number of carboxylic acids is 1. The van der Waals surface area contributed by atoms with E-state index in [-0.39, 0.29) is 6.42 Å². The van der Waals surface area contributed by atoms with Gasteiger partial charge in [-0.05, 0) is 49.2 Å². The van der Waals surface area contributed by atoms with Crippen molar-refractivity contribution in [2.24, 2.45) is 0 Å². The topological polar surface area (TPSA) is 49.8 Å². The van der Waals surface area contributed by atoms with E-state index in [4.69, 9.17) is 9.84 Å². The highest BCUT2D eigenvalue weighted by atomic mass is 16.5. The second-order valence-corrected chi connectivity index (χ2v) is 6.65. The summed E-state index contributed by atoms with van der Waals surface area (Å²) in [6.45, 7) is 2.28. The molecule has 2 aromatic carbocycles. The lowest BCUT2D eigenvalue weighted by Gasteiger charge is -2.16. The minimum absolute atomic E-state index is 0.226. The first kappa shape index (κ1) is 18.2. The Morgan fingerprint density at radius 3 is 2.65 bits per heavy atom. The third-order valence-electron chi connectivity index (χ3n) is 4.66. The Hall–Kier alpha value is -2.59. The van der Waals surface area contributed by atoms with Gasteiger partial charge in [-0.15, -0.1) is 0 Å². The molecule has 0 saturated heterocycles. The molecule has 0 unspecified atom stereocenters. The Morgan fingerprint density at radius 1 is 1.12 bits per heavy atom. The number of rotatable bonds is 7. The molecular weight excluding hydrogens is 326 g/mol. The van der Waals surface area contributed by atoms with Crippen LogP contribution >= 0.6 is 0 Å². The van der Waals surface area contributed by atoms with Gasteiger partial charge in [0.15, 0.2) is 0 Å².